The van der Waals surface area contributed by atoms with E-state index in [1.54, 1.807) is 36.4 Å². The van der Waals surface area contributed by atoms with E-state index in [1.165, 1.54) is 6.07 Å². The molecule has 108 valence electrons. The van der Waals surface area contributed by atoms with E-state index in [0.717, 1.165) is 4.47 Å². The van der Waals surface area contributed by atoms with Gasteiger partial charge in [-0.1, -0.05) is 39.7 Å². The van der Waals surface area contributed by atoms with Gasteiger partial charge in [0.1, 0.15) is 17.8 Å². The molecule has 0 aliphatic carbocycles. The fraction of sp³-hybridized carbons (Fsp3) is 0.0667. The molecule has 0 aromatic heterocycles. The Balaban J connectivity index is 1.94. The zero-order valence-corrected chi connectivity index (χ0v) is 13.1. The van der Waals surface area contributed by atoms with Crippen molar-refractivity contribution in [3.8, 4) is 11.5 Å². The second-order valence-corrected chi connectivity index (χ2v) is 5.35. The first-order valence-corrected chi connectivity index (χ1v) is 7.09. The largest absolute Gasteiger partial charge is 0.480 e. The number of carbonyl (C=O) groups is 2. The van der Waals surface area contributed by atoms with Crippen LogP contribution in [0, 0.1) is 0 Å². The molecule has 0 saturated carbocycles. The first kappa shape index (κ1) is 15.5. The molecule has 0 saturated heterocycles. The summed E-state index contributed by atoms with van der Waals surface area (Å²) in [6.45, 7) is -0.285. The van der Waals surface area contributed by atoms with Crippen LogP contribution in [0.3, 0.4) is 0 Å². The Labute approximate surface area is 134 Å². The summed E-state index contributed by atoms with van der Waals surface area (Å²) < 4.78 is 11.2. The molecule has 0 heterocycles. The highest BCUT2D eigenvalue weighted by atomic mass is 79.9. The first-order chi connectivity index (χ1) is 10.1. The maximum Gasteiger partial charge on any atom is 0.349 e. The second kappa shape index (κ2) is 7.24. The molecular formula is C15H10BrClO4. The van der Waals surface area contributed by atoms with Gasteiger partial charge in [0.05, 0.1) is 5.02 Å². The Morgan fingerprint density at radius 2 is 2.05 bits per heavy atom. The predicted octanol–water partition coefficient (Wildman–Crippen LogP) is 3.90. The maximum absolute atomic E-state index is 11.7. The Morgan fingerprint density at radius 1 is 1.24 bits per heavy atom. The zero-order valence-electron chi connectivity index (χ0n) is 10.7. The molecule has 4 nitrogen and oxygen atoms in total. The molecule has 0 atom stereocenters. The maximum atomic E-state index is 11.7. The molecule has 0 bridgehead atoms. The minimum atomic E-state index is -0.586. The SMILES string of the molecule is O=Cc1cccc(OC(=O)COc2ccc(Br)cc2Cl)c1. The van der Waals surface area contributed by atoms with Gasteiger partial charge in [-0.2, -0.15) is 0 Å². The van der Waals surface area contributed by atoms with Crippen LogP contribution in [0.4, 0.5) is 0 Å². The molecule has 0 aliphatic rings. The first-order valence-electron chi connectivity index (χ1n) is 5.92. The van der Waals surface area contributed by atoms with Crippen LogP contribution in [0.2, 0.25) is 5.02 Å². The lowest BCUT2D eigenvalue weighted by molar-refractivity contribution is -0.136. The third-order valence-corrected chi connectivity index (χ3v) is 3.25. The molecule has 0 radical (unpaired) electrons. The van der Waals surface area contributed by atoms with Crippen LogP contribution in [0.15, 0.2) is 46.9 Å². The third-order valence-electron chi connectivity index (χ3n) is 2.47. The van der Waals surface area contributed by atoms with E-state index in [9.17, 15) is 9.59 Å². The lowest BCUT2D eigenvalue weighted by Gasteiger charge is -2.08. The molecule has 0 amide bonds. The molecular weight excluding hydrogens is 360 g/mol. The lowest BCUT2D eigenvalue weighted by Crippen LogP contribution is -2.17. The molecule has 0 unspecified atom stereocenters. The third kappa shape index (κ3) is 4.58. The van der Waals surface area contributed by atoms with Crippen LogP contribution < -0.4 is 9.47 Å². The van der Waals surface area contributed by atoms with E-state index >= 15 is 0 Å². The molecule has 2 rings (SSSR count). The summed E-state index contributed by atoms with van der Waals surface area (Å²) in [5, 5.41) is 0.389. The van der Waals surface area contributed by atoms with Crippen LogP contribution in [-0.4, -0.2) is 18.9 Å². The molecule has 2 aromatic carbocycles. The number of hydrogen-bond donors (Lipinski definition) is 0. The van der Waals surface area contributed by atoms with Gasteiger partial charge in [0, 0.05) is 10.0 Å². The van der Waals surface area contributed by atoms with Crippen molar-refractivity contribution >= 4 is 39.8 Å². The van der Waals surface area contributed by atoms with Gasteiger partial charge in [-0.3, -0.25) is 4.79 Å². The monoisotopic (exact) mass is 368 g/mol. The Hall–Kier alpha value is -1.85. The minimum Gasteiger partial charge on any atom is -0.480 e. The molecule has 6 heteroatoms. The highest BCUT2D eigenvalue weighted by Gasteiger charge is 2.09. The number of rotatable bonds is 5. The van der Waals surface area contributed by atoms with Crippen LogP contribution in [0.1, 0.15) is 10.4 Å². The van der Waals surface area contributed by atoms with Gasteiger partial charge in [0.2, 0.25) is 0 Å². The highest BCUT2D eigenvalue weighted by Crippen LogP contribution is 2.27. The smallest absolute Gasteiger partial charge is 0.349 e. The summed E-state index contributed by atoms with van der Waals surface area (Å²) >= 11 is 9.24. The second-order valence-electron chi connectivity index (χ2n) is 4.03. The molecule has 0 fully saturated rings. The fourth-order valence-corrected chi connectivity index (χ4v) is 2.27. The molecule has 21 heavy (non-hydrogen) atoms. The van der Waals surface area contributed by atoms with Crippen molar-refractivity contribution in [2.45, 2.75) is 0 Å². The van der Waals surface area contributed by atoms with Crippen molar-refractivity contribution in [1.29, 1.82) is 0 Å². The van der Waals surface area contributed by atoms with E-state index in [1.807, 2.05) is 0 Å². The van der Waals surface area contributed by atoms with Crippen LogP contribution in [-0.2, 0) is 4.79 Å². The van der Waals surface area contributed by atoms with E-state index < -0.39 is 5.97 Å². The van der Waals surface area contributed by atoms with Gasteiger partial charge < -0.3 is 9.47 Å². The van der Waals surface area contributed by atoms with Crippen molar-refractivity contribution in [3.05, 3.63) is 57.5 Å². The van der Waals surface area contributed by atoms with E-state index in [2.05, 4.69) is 15.9 Å². The van der Waals surface area contributed by atoms with Gasteiger partial charge in [-0.15, -0.1) is 0 Å². The normalized spacial score (nSPS) is 10.0. The number of benzene rings is 2. The number of aldehydes is 1. The average molecular weight is 370 g/mol. The Kier molecular flexibility index (Phi) is 5.36. The predicted molar refractivity (Wildman–Crippen MR) is 82.1 cm³/mol. The molecule has 0 spiro atoms. The zero-order chi connectivity index (χ0) is 15.2. The van der Waals surface area contributed by atoms with Crippen molar-refractivity contribution in [1.82, 2.24) is 0 Å². The highest BCUT2D eigenvalue weighted by molar-refractivity contribution is 9.10. The van der Waals surface area contributed by atoms with Gasteiger partial charge in [-0.25, -0.2) is 4.79 Å². The Bertz CT molecular complexity index is 672. The fourth-order valence-electron chi connectivity index (χ4n) is 1.54. The standard InChI is InChI=1S/C15H10BrClO4/c16-11-4-5-14(13(17)7-11)20-9-15(19)21-12-3-1-2-10(6-12)8-18/h1-8H,9H2. The van der Waals surface area contributed by atoms with Gasteiger partial charge in [-0.05, 0) is 30.3 Å². The Morgan fingerprint density at radius 3 is 2.76 bits per heavy atom. The number of halogens is 2. The van der Waals surface area contributed by atoms with Gasteiger partial charge >= 0.3 is 5.97 Å². The summed E-state index contributed by atoms with van der Waals surface area (Å²) in [6, 6.07) is 11.3. The lowest BCUT2D eigenvalue weighted by atomic mass is 10.2. The molecule has 0 aliphatic heterocycles. The quantitative estimate of drug-likeness (QED) is 0.456. The van der Waals surface area contributed by atoms with E-state index in [0.29, 0.717) is 22.6 Å². The summed E-state index contributed by atoms with van der Waals surface area (Å²) in [4.78, 5) is 22.3. The topological polar surface area (TPSA) is 52.6 Å². The van der Waals surface area contributed by atoms with Crippen molar-refractivity contribution in [3.63, 3.8) is 0 Å². The van der Waals surface area contributed by atoms with Crippen molar-refractivity contribution < 1.29 is 19.1 Å². The van der Waals surface area contributed by atoms with Crippen LogP contribution in [0.5, 0.6) is 11.5 Å². The van der Waals surface area contributed by atoms with Gasteiger partial charge in [0.15, 0.2) is 6.61 Å². The summed E-state index contributed by atoms with van der Waals surface area (Å²) in [7, 11) is 0. The number of esters is 1. The van der Waals surface area contributed by atoms with Gasteiger partial charge in [0.25, 0.3) is 0 Å². The number of ether oxygens (including phenoxy) is 2. The van der Waals surface area contributed by atoms with Crippen molar-refractivity contribution in [2.75, 3.05) is 6.61 Å². The average Bonchev–Trinajstić information content (AvgIpc) is 2.46. The van der Waals surface area contributed by atoms with E-state index in [-0.39, 0.29) is 12.4 Å². The number of carbonyl (C=O) groups excluding carboxylic acids is 2. The van der Waals surface area contributed by atoms with Crippen LogP contribution >= 0.6 is 27.5 Å². The summed E-state index contributed by atoms with van der Waals surface area (Å²) in [6.07, 6.45) is 0.676. The van der Waals surface area contributed by atoms with Crippen molar-refractivity contribution in [2.24, 2.45) is 0 Å². The number of hydrogen-bond acceptors (Lipinski definition) is 4. The summed E-state index contributed by atoms with van der Waals surface area (Å²) in [5.41, 5.74) is 0.428. The molecule has 2 aromatic rings. The van der Waals surface area contributed by atoms with Crippen LogP contribution in [0.25, 0.3) is 0 Å². The minimum absolute atomic E-state index is 0.285. The van der Waals surface area contributed by atoms with E-state index in [4.69, 9.17) is 21.1 Å². The summed E-state index contributed by atoms with van der Waals surface area (Å²) in [5.74, 6) is 0.0885. The molecule has 0 N–H and O–H groups in total.